The SMILES string of the molecule is C=C(CCl)COc1cc(C)ccc1F. The maximum atomic E-state index is 13.1. The summed E-state index contributed by atoms with van der Waals surface area (Å²) in [5, 5.41) is 0. The standard InChI is InChI=1S/C11H12ClFO/c1-8-3-4-10(13)11(5-8)14-7-9(2)6-12/h3-5H,2,6-7H2,1H3. The first-order chi connectivity index (χ1) is 6.63. The third kappa shape index (κ3) is 3.04. The van der Waals surface area contributed by atoms with Gasteiger partial charge in [-0.3, -0.25) is 0 Å². The van der Waals surface area contributed by atoms with Crippen LogP contribution in [0.4, 0.5) is 4.39 Å². The van der Waals surface area contributed by atoms with E-state index in [0.29, 0.717) is 5.88 Å². The lowest BCUT2D eigenvalue weighted by atomic mass is 10.2. The monoisotopic (exact) mass is 214 g/mol. The van der Waals surface area contributed by atoms with E-state index in [1.165, 1.54) is 6.07 Å². The molecule has 0 unspecified atom stereocenters. The molecule has 1 aromatic carbocycles. The summed E-state index contributed by atoms with van der Waals surface area (Å²) in [6.45, 7) is 5.79. The zero-order valence-electron chi connectivity index (χ0n) is 8.02. The smallest absolute Gasteiger partial charge is 0.165 e. The van der Waals surface area contributed by atoms with Crippen LogP contribution in [-0.4, -0.2) is 12.5 Å². The van der Waals surface area contributed by atoms with Crippen molar-refractivity contribution in [2.45, 2.75) is 6.92 Å². The number of rotatable bonds is 4. The Labute approximate surface area is 88.1 Å². The van der Waals surface area contributed by atoms with Crippen LogP contribution in [0.5, 0.6) is 5.75 Å². The normalized spacial score (nSPS) is 9.93. The number of hydrogen-bond donors (Lipinski definition) is 0. The fourth-order valence-corrected chi connectivity index (χ4v) is 1.02. The average molecular weight is 215 g/mol. The van der Waals surface area contributed by atoms with E-state index < -0.39 is 0 Å². The van der Waals surface area contributed by atoms with E-state index in [1.54, 1.807) is 12.1 Å². The highest BCUT2D eigenvalue weighted by molar-refractivity contribution is 6.19. The van der Waals surface area contributed by atoms with Crippen LogP contribution in [0, 0.1) is 12.7 Å². The zero-order chi connectivity index (χ0) is 10.6. The number of halogens is 2. The molecule has 0 amide bonds. The number of alkyl halides is 1. The lowest BCUT2D eigenvalue weighted by molar-refractivity contribution is 0.333. The molecule has 0 aliphatic carbocycles. The molecule has 0 atom stereocenters. The second kappa shape index (κ2) is 5.01. The highest BCUT2D eigenvalue weighted by Crippen LogP contribution is 2.18. The maximum Gasteiger partial charge on any atom is 0.165 e. The molecule has 0 aromatic heterocycles. The molecule has 0 spiro atoms. The molecule has 0 fully saturated rings. The number of ether oxygens (including phenoxy) is 1. The summed E-state index contributed by atoms with van der Waals surface area (Å²) in [6, 6.07) is 4.73. The fraction of sp³-hybridized carbons (Fsp3) is 0.273. The van der Waals surface area contributed by atoms with Gasteiger partial charge in [0.05, 0.1) is 0 Å². The van der Waals surface area contributed by atoms with Crippen molar-refractivity contribution in [3.05, 3.63) is 41.7 Å². The van der Waals surface area contributed by atoms with Crippen LogP contribution in [0.2, 0.25) is 0 Å². The molecule has 0 bridgehead atoms. The molecule has 1 rings (SSSR count). The summed E-state index contributed by atoms with van der Waals surface area (Å²) < 4.78 is 18.3. The van der Waals surface area contributed by atoms with Crippen molar-refractivity contribution in [3.63, 3.8) is 0 Å². The summed E-state index contributed by atoms with van der Waals surface area (Å²) in [7, 11) is 0. The Morgan fingerprint density at radius 3 is 2.93 bits per heavy atom. The lowest BCUT2D eigenvalue weighted by Gasteiger charge is -2.08. The Balaban J connectivity index is 2.66. The van der Waals surface area contributed by atoms with Gasteiger partial charge in [-0.05, 0) is 30.2 Å². The predicted molar refractivity (Wildman–Crippen MR) is 56.5 cm³/mol. The van der Waals surface area contributed by atoms with Crippen molar-refractivity contribution in [2.24, 2.45) is 0 Å². The van der Waals surface area contributed by atoms with Crippen LogP contribution in [0.25, 0.3) is 0 Å². The molecular formula is C11H12ClFO. The molecule has 14 heavy (non-hydrogen) atoms. The minimum atomic E-state index is -0.363. The van der Waals surface area contributed by atoms with Crippen LogP contribution in [-0.2, 0) is 0 Å². The van der Waals surface area contributed by atoms with Gasteiger partial charge in [-0.2, -0.15) is 0 Å². The van der Waals surface area contributed by atoms with Crippen LogP contribution < -0.4 is 4.74 Å². The lowest BCUT2D eigenvalue weighted by Crippen LogP contribution is -2.02. The summed E-state index contributed by atoms with van der Waals surface area (Å²) in [5.74, 6) is 0.210. The average Bonchev–Trinajstić information content (AvgIpc) is 2.19. The van der Waals surface area contributed by atoms with Crippen molar-refractivity contribution in [2.75, 3.05) is 12.5 Å². The van der Waals surface area contributed by atoms with Gasteiger partial charge in [0, 0.05) is 5.88 Å². The van der Waals surface area contributed by atoms with Crippen molar-refractivity contribution in [1.29, 1.82) is 0 Å². The van der Waals surface area contributed by atoms with Gasteiger partial charge in [0.15, 0.2) is 11.6 Å². The molecule has 0 aliphatic rings. The molecule has 0 aliphatic heterocycles. The minimum absolute atomic E-state index is 0.247. The van der Waals surface area contributed by atoms with Crippen molar-refractivity contribution in [1.82, 2.24) is 0 Å². The highest BCUT2D eigenvalue weighted by atomic mass is 35.5. The second-order valence-corrected chi connectivity index (χ2v) is 3.37. The first-order valence-electron chi connectivity index (χ1n) is 4.25. The Kier molecular flexibility index (Phi) is 3.96. The largest absolute Gasteiger partial charge is 0.486 e. The first-order valence-corrected chi connectivity index (χ1v) is 4.78. The molecule has 0 N–H and O–H groups in total. The van der Waals surface area contributed by atoms with Gasteiger partial charge < -0.3 is 4.74 Å². The number of aryl methyl sites for hydroxylation is 1. The molecule has 1 aromatic rings. The van der Waals surface area contributed by atoms with Crippen molar-refractivity contribution in [3.8, 4) is 5.75 Å². The Hall–Kier alpha value is -1.02. The molecule has 0 saturated heterocycles. The number of hydrogen-bond acceptors (Lipinski definition) is 1. The Morgan fingerprint density at radius 1 is 1.57 bits per heavy atom. The highest BCUT2D eigenvalue weighted by Gasteiger charge is 2.03. The summed E-state index contributed by atoms with van der Waals surface area (Å²) in [6.07, 6.45) is 0. The van der Waals surface area contributed by atoms with Gasteiger partial charge in [-0.25, -0.2) is 4.39 Å². The van der Waals surface area contributed by atoms with Crippen molar-refractivity contribution >= 4 is 11.6 Å². The topological polar surface area (TPSA) is 9.23 Å². The van der Waals surface area contributed by atoms with E-state index in [9.17, 15) is 4.39 Å². The molecular weight excluding hydrogens is 203 g/mol. The van der Waals surface area contributed by atoms with Gasteiger partial charge in [0.1, 0.15) is 6.61 Å². The Bertz CT molecular complexity index is 336. The van der Waals surface area contributed by atoms with Crippen LogP contribution >= 0.6 is 11.6 Å². The molecule has 0 saturated carbocycles. The Morgan fingerprint density at radius 2 is 2.29 bits per heavy atom. The van der Waals surface area contributed by atoms with Crippen LogP contribution in [0.15, 0.2) is 30.4 Å². The summed E-state index contributed by atoms with van der Waals surface area (Å²) >= 11 is 5.52. The third-order valence-corrected chi connectivity index (χ3v) is 2.09. The minimum Gasteiger partial charge on any atom is -0.486 e. The van der Waals surface area contributed by atoms with Gasteiger partial charge in [-0.15, -0.1) is 11.6 Å². The van der Waals surface area contributed by atoms with Crippen molar-refractivity contribution < 1.29 is 9.13 Å². The van der Waals surface area contributed by atoms with E-state index >= 15 is 0 Å². The third-order valence-electron chi connectivity index (χ3n) is 1.71. The molecule has 1 nitrogen and oxygen atoms in total. The molecule has 0 heterocycles. The van der Waals surface area contributed by atoms with Crippen LogP contribution in [0.3, 0.4) is 0 Å². The van der Waals surface area contributed by atoms with Gasteiger partial charge >= 0.3 is 0 Å². The first kappa shape index (κ1) is 11.1. The fourth-order valence-electron chi connectivity index (χ4n) is 0.940. The van der Waals surface area contributed by atoms with E-state index in [0.717, 1.165) is 11.1 Å². The maximum absolute atomic E-state index is 13.1. The van der Waals surface area contributed by atoms with Gasteiger partial charge in [-0.1, -0.05) is 12.6 Å². The van der Waals surface area contributed by atoms with E-state index in [2.05, 4.69) is 6.58 Å². The second-order valence-electron chi connectivity index (χ2n) is 3.11. The van der Waals surface area contributed by atoms with E-state index in [1.807, 2.05) is 6.92 Å². The summed E-state index contributed by atoms with van der Waals surface area (Å²) in [4.78, 5) is 0. The van der Waals surface area contributed by atoms with E-state index in [4.69, 9.17) is 16.3 Å². The summed E-state index contributed by atoms with van der Waals surface area (Å²) in [5.41, 5.74) is 1.69. The molecule has 0 radical (unpaired) electrons. The zero-order valence-corrected chi connectivity index (χ0v) is 8.77. The van der Waals surface area contributed by atoms with Gasteiger partial charge in [0.25, 0.3) is 0 Å². The van der Waals surface area contributed by atoms with Gasteiger partial charge in [0.2, 0.25) is 0 Å². The number of benzene rings is 1. The van der Waals surface area contributed by atoms with E-state index in [-0.39, 0.29) is 18.2 Å². The van der Waals surface area contributed by atoms with Crippen LogP contribution in [0.1, 0.15) is 5.56 Å². The molecule has 3 heteroatoms. The quantitative estimate of drug-likeness (QED) is 0.552. The molecule has 76 valence electrons. The predicted octanol–water partition coefficient (Wildman–Crippen LogP) is 3.31.